The van der Waals surface area contributed by atoms with Gasteiger partial charge in [-0.3, -0.25) is 0 Å². The predicted molar refractivity (Wildman–Crippen MR) is 83.7 cm³/mol. The standard InChI is InChI=1S/C17H27NO3/c1-20-11-12-21-10-3-2-9-18-17-6-4-5-14-7-8-15(19)13-16(14)17/h7-8,13,17-19H,2-6,9-12H2,1H3. The normalized spacial score (nSPS) is 17.7. The molecule has 0 aromatic heterocycles. The lowest BCUT2D eigenvalue weighted by atomic mass is 9.87. The van der Waals surface area contributed by atoms with Gasteiger partial charge in [0.25, 0.3) is 0 Å². The van der Waals surface area contributed by atoms with E-state index in [1.807, 2.05) is 6.07 Å². The molecule has 21 heavy (non-hydrogen) atoms. The zero-order valence-electron chi connectivity index (χ0n) is 12.9. The van der Waals surface area contributed by atoms with Gasteiger partial charge in [-0.25, -0.2) is 0 Å². The first-order valence-electron chi connectivity index (χ1n) is 7.93. The van der Waals surface area contributed by atoms with Crippen LogP contribution in [0.4, 0.5) is 0 Å². The Morgan fingerprint density at radius 1 is 1.24 bits per heavy atom. The maximum atomic E-state index is 9.66. The lowest BCUT2D eigenvalue weighted by Gasteiger charge is -2.26. The van der Waals surface area contributed by atoms with E-state index in [1.165, 1.54) is 17.5 Å². The number of hydrogen-bond donors (Lipinski definition) is 2. The van der Waals surface area contributed by atoms with Crippen molar-refractivity contribution in [2.45, 2.75) is 38.1 Å². The lowest BCUT2D eigenvalue weighted by molar-refractivity contribution is 0.0687. The molecule has 0 radical (unpaired) electrons. The molecule has 1 atom stereocenters. The van der Waals surface area contributed by atoms with Crippen LogP contribution in [0, 0.1) is 0 Å². The molecule has 0 bridgehead atoms. The summed E-state index contributed by atoms with van der Waals surface area (Å²) >= 11 is 0. The Morgan fingerprint density at radius 2 is 2.14 bits per heavy atom. The second-order valence-electron chi connectivity index (χ2n) is 5.59. The summed E-state index contributed by atoms with van der Waals surface area (Å²) in [5.41, 5.74) is 2.65. The van der Waals surface area contributed by atoms with Crippen molar-refractivity contribution in [1.29, 1.82) is 0 Å². The first-order valence-corrected chi connectivity index (χ1v) is 7.93. The van der Waals surface area contributed by atoms with Gasteiger partial charge in [0.2, 0.25) is 0 Å². The largest absolute Gasteiger partial charge is 0.508 e. The number of fused-ring (bicyclic) bond motifs is 1. The number of phenolic OH excluding ortho intramolecular Hbond substituents is 1. The van der Waals surface area contributed by atoms with E-state index in [2.05, 4.69) is 11.4 Å². The van der Waals surface area contributed by atoms with Crippen molar-refractivity contribution in [3.8, 4) is 5.75 Å². The highest BCUT2D eigenvalue weighted by Crippen LogP contribution is 2.31. The molecular formula is C17H27NO3. The molecule has 0 saturated carbocycles. The average Bonchev–Trinajstić information content (AvgIpc) is 2.50. The van der Waals surface area contributed by atoms with Gasteiger partial charge in [0.1, 0.15) is 5.75 Å². The van der Waals surface area contributed by atoms with Crippen LogP contribution in [0.5, 0.6) is 5.75 Å². The minimum atomic E-state index is 0.369. The van der Waals surface area contributed by atoms with E-state index < -0.39 is 0 Å². The molecule has 1 unspecified atom stereocenters. The molecule has 1 aliphatic carbocycles. The zero-order chi connectivity index (χ0) is 14.9. The van der Waals surface area contributed by atoms with Crippen molar-refractivity contribution in [2.24, 2.45) is 0 Å². The Kier molecular flexibility index (Phi) is 7.00. The average molecular weight is 293 g/mol. The number of methoxy groups -OCH3 is 1. The summed E-state index contributed by atoms with van der Waals surface area (Å²) < 4.78 is 10.4. The third kappa shape index (κ3) is 5.30. The van der Waals surface area contributed by atoms with E-state index in [0.717, 1.165) is 38.8 Å². The van der Waals surface area contributed by atoms with Crippen molar-refractivity contribution in [3.05, 3.63) is 29.3 Å². The molecule has 0 fully saturated rings. The third-order valence-electron chi connectivity index (χ3n) is 3.98. The Labute approximate surface area is 127 Å². The molecule has 1 aromatic carbocycles. The molecule has 1 aliphatic rings. The molecule has 0 amide bonds. The van der Waals surface area contributed by atoms with Crippen molar-refractivity contribution in [1.82, 2.24) is 5.32 Å². The van der Waals surface area contributed by atoms with E-state index in [0.29, 0.717) is 25.0 Å². The monoisotopic (exact) mass is 293 g/mol. The quantitative estimate of drug-likeness (QED) is 0.687. The number of benzene rings is 1. The molecule has 4 nitrogen and oxygen atoms in total. The van der Waals surface area contributed by atoms with Crippen LogP contribution in [0.1, 0.15) is 42.9 Å². The Balaban J connectivity index is 1.67. The van der Waals surface area contributed by atoms with Crippen LogP contribution in [0.3, 0.4) is 0 Å². The van der Waals surface area contributed by atoms with Crippen LogP contribution >= 0.6 is 0 Å². The maximum Gasteiger partial charge on any atom is 0.115 e. The maximum absolute atomic E-state index is 9.66. The van der Waals surface area contributed by atoms with Gasteiger partial charge in [-0.2, -0.15) is 0 Å². The highest BCUT2D eigenvalue weighted by molar-refractivity contribution is 5.38. The van der Waals surface area contributed by atoms with E-state index >= 15 is 0 Å². The predicted octanol–water partition coefficient (Wildman–Crippen LogP) is 2.80. The fraction of sp³-hybridized carbons (Fsp3) is 0.647. The number of phenols is 1. The van der Waals surface area contributed by atoms with E-state index in [-0.39, 0.29) is 0 Å². The minimum Gasteiger partial charge on any atom is -0.508 e. The van der Waals surface area contributed by atoms with Gasteiger partial charge in [-0.15, -0.1) is 0 Å². The summed E-state index contributed by atoms with van der Waals surface area (Å²) in [5.74, 6) is 0.369. The number of aromatic hydroxyl groups is 1. The molecule has 1 aromatic rings. The Morgan fingerprint density at radius 3 is 3.00 bits per heavy atom. The summed E-state index contributed by atoms with van der Waals surface area (Å²) in [4.78, 5) is 0. The minimum absolute atomic E-state index is 0.369. The highest BCUT2D eigenvalue weighted by Gasteiger charge is 2.19. The molecule has 2 N–H and O–H groups in total. The fourth-order valence-corrected chi connectivity index (χ4v) is 2.85. The van der Waals surface area contributed by atoms with E-state index in [1.54, 1.807) is 13.2 Å². The molecule has 4 heteroatoms. The third-order valence-corrected chi connectivity index (χ3v) is 3.98. The second-order valence-corrected chi connectivity index (χ2v) is 5.59. The van der Waals surface area contributed by atoms with Crippen LogP contribution < -0.4 is 5.32 Å². The first-order chi connectivity index (χ1) is 10.3. The SMILES string of the molecule is COCCOCCCCNC1CCCc2ccc(O)cc21. The van der Waals surface area contributed by atoms with Crippen LogP contribution in [0.2, 0.25) is 0 Å². The number of rotatable bonds is 9. The smallest absolute Gasteiger partial charge is 0.115 e. The van der Waals surface area contributed by atoms with E-state index in [9.17, 15) is 5.11 Å². The number of hydrogen-bond acceptors (Lipinski definition) is 4. The van der Waals surface area contributed by atoms with Crippen molar-refractivity contribution < 1.29 is 14.6 Å². The van der Waals surface area contributed by atoms with Crippen molar-refractivity contribution in [2.75, 3.05) is 33.5 Å². The highest BCUT2D eigenvalue weighted by atomic mass is 16.5. The number of ether oxygens (including phenoxy) is 2. The molecule has 0 spiro atoms. The summed E-state index contributed by atoms with van der Waals surface area (Å²) in [6, 6.07) is 6.15. The van der Waals surface area contributed by atoms with Crippen LogP contribution in [0.15, 0.2) is 18.2 Å². The fourth-order valence-electron chi connectivity index (χ4n) is 2.85. The van der Waals surface area contributed by atoms with Gasteiger partial charge in [0.05, 0.1) is 13.2 Å². The first kappa shape index (κ1) is 16.3. The zero-order valence-corrected chi connectivity index (χ0v) is 12.9. The summed E-state index contributed by atoms with van der Waals surface area (Å²) in [7, 11) is 1.69. The topological polar surface area (TPSA) is 50.7 Å². The van der Waals surface area contributed by atoms with Gasteiger partial charge < -0.3 is 19.9 Å². The summed E-state index contributed by atoms with van der Waals surface area (Å²) in [6.07, 6.45) is 5.67. The number of nitrogens with one attached hydrogen (secondary N) is 1. The second kappa shape index (κ2) is 9.03. The van der Waals surface area contributed by atoms with E-state index in [4.69, 9.17) is 9.47 Å². The molecular weight excluding hydrogens is 266 g/mol. The van der Waals surface area contributed by atoms with Crippen LogP contribution in [-0.4, -0.2) is 38.6 Å². The molecule has 0 heterocycles. The van der Waals surface area contributed by atoms with Gasteiger partial charge in [0, 0.05) is 19.8 Å². The van der Waals surface area contributed by atoms with Gasteiger partial charge in [-0.1, -0.05) is 6.07 Å². The molecule has 0 saturated heterocycles. The molecule has 2 rings (SSSR count). The van der Waals surface area contributed by atoms with Crippen molar-refractivity contribution >= 4 is 0 Å². The Bertz CT molecular complexity index is 422. The summed E-state index contributed by atoms with van der Waals surface area (Å²) in [6.45, 7) is 3.14. The Hall–Kier alpha value is -1.10. The molecule has 0 aliphatic heterocycles. The van der Waals surface area contributed by atoms with Gasteiger partial charge >= 0.3 is 0 Å². The number of unbranched alkanes of at least 4 members (excludes halogenated alkanes) is 1. The van der Waals surface area contributed by atoms with Gasteiger partial charge in [0.15, 0.2) is 0 Å². The van der Waals surface area contributed by atoms with Crippen LogP contribution in [-0.2, 0) is 15.9 Å². The van der Waals surface area contributed by atoms with Crippen LogP contribution in [0.25, 0.3) is 0 Å². The summed E-state index contributed by atoms with van der Waals surface area (Å²) in [5, 5.41) is 13.3. The molecule has 118 valence electrons. The number of aryl methyl sites for hydroxylation is 1. The lowest BCUT2D eigenvalue weighted by Crippen LogP contribution is -2.26. The van der Waals surface area contributed by atoms with Crippen molar-refractivity contribution in [3.63, 3.8) is 0 Å². The van der Waals surface area contributed by atoms with Gasteiger partial charge in [-0.05, 0) is 61.9 Å².